The molecule has 1 atom stereocenters. The summed E-state index contributed by atoms with van der Waals surface area (Å²) in [5.41, 5.74) is 0.526. The Kier molecular flexibility index (Phi) is 4.40. The molecule has 0 radical (unpaired) electrons. The van der Waals surface area contributed by atoms with Gasteiger partial charge in [0.15, 0.2) is 0 Å². The Bertz CT molecular complexity index is 852. The Morgan fingerprint density at radius 2 is 1.75 bits per heavy atom. The van der Waals surface area contributed by atoms with Crippen LogP contribution in [-0.4, -0.2) is 30.8 Å². The van der Waals surface area contributed by atoms with Crippen molar-refractivity contribution in [1.29, 1.82) is 0 Å². The van der Waals surface area contributed by atoms with Crippen LogP contribution in [0.4, 0.5) is 4.79 Å². The summed E-state index contributed by atoms with van der Waals surface area (Å²) in [4.78, 5) is 12.4. The van der Waals surface area contributed by atoms with Crippen LogP contribution in [0.15, 0.2) is 59.5 Å². The van der Waals surface area contributed by atoms with Gasteiger partial charge < -0.3 is 4.74 Å². The molecule has 0 bridgehead atoms. The van der Waals surface area contributed by atoms with Gasteiger partial charge in [-0.2, -0.15) is 4.31 Å². The van der Waals surface area contributed by atoms with Crippen molar-refractivity contribution in [3.63, 3.8) is 0 Å². The van der Waals surface area contributed by atoms with E-state index in [4.69, 9.17) is 4.74 Å². The third kappa shape index (κ3) is 2.61. The fraction of sp³-hybridized carbons (Fsp3) is 0.235. The van der Waals surface area contributed by atoms with Gasteiger partial charge in [0.2, 0.25) is 0 Å². The summed E-state index contributed by atoms with van der Waals surface area (Å²) in [6, 6.07) is 15.4. The Morgan fingerprint density at radius 3 is 2.33 bits per heavy atom. The van der Waals surface area contributed by atoms with Crippen molar-refractivity contribution in [3.05, 3.63) is 65.7 Å². The zero-order chi connectivity index (χ0) is 17.4. The zero-order valence-electron chi connectivity index (χ0n) is 13.0. The fourth-order valence-corrected chi connectivity index (χ4v) is 5.26. The molecule has 0 aromatic heterocycles. The normalized spacial score (nSPS) is 20.9. The number of cyclic esters (lactones) is 1. The number of alkyl halides is 1. The van der Waals surface area contributed by atoms with Crippen LogP contribution in [0.2, 0.25) is 0 Å². The minimum Gasteiger partial charge on any atom is -0.446 e. The van der Waals surface area contributed by atoms with E-state index in [1.165, 1.54) is 12.1 Å². The van der Waals surface area contributed by atoms with E-state index in [1.807, 2.05) is 13.0 Å². The summed E-state index contributed by atoms with van der Waals surface area (Å²) in [6.07, 6.45) is -0.862. The van der Waals surface area contributed by atoms with Gasteiger partial charge in [-0.3, -0.25) is 0 Å². The van der Waals surface area contributed by atoms with Gasteiger partial charge in [0, 0.05) is 5.33 Å². The first-order valence-corrected chi connectivity index (χ1v) is 9.88. The molecule has 0 aliphatic carbocycles. The van der Waals surface area contributed by atoms with Crippen LogP contribution in [0.25, 0.3) is 0 Å². The lowest BCUT2D eigenvalue weighted by molar-refractivity contribution is 0.169. The summed E-state index contributed by atoms with van der Waals surface area (Å²) in [7, 11) is -4.04. The van der Waals surface area contributed by atoms with Crippen molar-refractivity contribution in [2.75, 3.05) is 11.9 Å². The molecule has 0 N–H and O–H groups in total. The van der Waals surface area contributed by atoms with Crippen molar-refractivity contribution in [3.8, 4) is 0 Å². The lowest BCUT2D eigenvalue weighted by Gasteiger charge is -2.33. The highest BCUT2D eigenvalue weighted by molar-refractivity contribution is 9.09. The Labute approximate surface area is 149 Å². The molecule has 1 heterocycles. The average Bonchev–Trinajstić information content (AvgIpc) is 2.94. The maximum atomic E-state index is 13.1. The Balaban J connectivity index is 2.16. The molecule has 3 rings (SSSR count). The number of halogens is 1. The molecule has 2 aromatic rings. The number of sulfonamides is 1. The number of benzene rings is 2. The number of carbonyl (C=O) groups excluding carboxylic acids is 1. The first-order valence-electron chi connectivity index (χ1n) is 7.32. The van der Waals surface area contributed by atoms with Gasteiger partial charge in [-0.25, -0.2) is 13.2 Å². The number of carbonyl (C=O) groups is 1. The summed E-state index contributed by atoms with van der Waals surface area (Å²) in [5, 5.41) is 0.237. The van der Waals surface area contributed by atoms with E-state index in [1.54, 1.807) is 36.4 Å². The SMILES string of the molecule is Cc1ccc(S(=O)(=O)N2C(=O)OC[C@]2(CBr)c2ccccc2)cc1. The van der Waals surface area contributed by atoms with Crippen LogP contribution in [0.1, 0.15) is 11.1 Å². The summed E-state index contributed by atoms with van der Waals surface area (Å²) < 4.78 is 32.2. The van der Waals surface area contributed by atoms with E-state index in [9.17, 15) is 13.2 Å². The Morgan fingerprint density at radius 1 is 1.12 bits per heavy atom. The van der Waals surface area contributed by atoms with E-state index in [2.05, 4.69) is 15.9 Å². The largest absolute Gasteiger partial charge is 0.446 e. The predicted octanol–water partition coefficient (Wildman–Crippen LogP) is 3.43. The van der Waals surface area contributed by atoms with E-state index in [0.717, 1.165) is 9.87 Å². The minimum absolute atomic E-state index is 0.0355. The molecule has 0 spiro atoms. The highest BCUT2D eigenvalue weighted by Gasteiger charge is 2.54. The fourth-order valence-electron chi connectivity index (χ4n) is 2.74. The van der Waals surface area contributed by atoms with E-state index in [-0.39, 0.29) is 16.8 Å². The molecule has 7 heteroatoms. The van der Waals surface area contributed by atoms with Crippen LogP contribution in [0, 0.1) is 6.92 Å². The van der Waals surface area contributed by atoms with Crippen LogP contribution < -0.4 is 0 Å². The maximum Gasteiger partial charge on any atom is 0.424 e. The highest BCUT2D eigenvalue weighted by Crippen LogP contribution is 2.40. The molecular formula is C17H16BrNO4S. The van der Waals surface area contributed by atoms with Crippen LogP contribution in [0.3, 0.4) is 0 Å². The monoisotopic (exact) mass is 409 g/mol. The van der Waals surface area contributed by atoms with Crippen molar-refractivity contribution in [1.82, 2.24) is 4.31 Å². The highest BCUT2D eigenvalue weighted by atomic mass is 79.9. The minimum atomic E-state index is -4.04. The summed E-state index contributed by atoms with van der Waals surface area (Å²) in [6.45, 7) is 1.83. The molecule has 1 aliphatic rings. The number of aryl methyl sites for hydroxylation is 1. The third-order valence-corrected chi connectivity index (χ3v) is 6.86. The van der Waals surface area contributed by atoms with Crippen molar-refractivity contribution < 1.29 is 17.9 Å². The lowest BCUT2D eigenvalue weighted by Crippen LogP contribution is -2.49. The number of nitrogens with zero attached hydrogens (tertiary/aromatic N) is 1. The van der Waals surface area contributed by atoms with Crippen LogP contribution in [0.5, 0.6) is 0 Å². The summed E-state index contributed by atoms with van der Waals surface area (Å²) >= 11 is 3.38. The topological polar surface area (TPSA) is 63.7 Å². The van der Waals surface area contributed by atoms with E-state index >= 15 is 0 Å². The standard InChI is InChI=1S/C17H16BrNO4S/c1-13-7-9-15(10-8-13)24(21,22)19-16(20)23-12-17(19,11-18)14-5-3-2-4-6-14/h2-10H,11-12H2,1H3/t17-/m1/s1. The van der Waals surface area contributed by atoms with Gasteiger partial charge in [0.1, 0.15) is 12.1 Å². The molecule has 0 saturated carbocycles. The molecule has 1 saturated heterocycles. The molecular weight excluding hydrogens is 394 g/mol. The van der Waals surface area contributed by atoms with Crippen molar-refractivity contribution in [2.45, 2.75) is 17.4 Å². The van der Waals surface area contributed by atoms with Crippen molar-refractivity contribution >= 4 is 32.0 Å². The molecule has 126 valence electrons. The van der Waals surface area contributed by atoms with Gasteiger partial charge >= 0.3 is 6.09 Å². The second-order valence-electron chi connectivity index (χ2n) is 5.67. The van der Waals surface area contributed by atoms with Gasteiger partial charge in [-0.15, -0.1) is 0 Å². The lowest BCUT2D eigenvalue weighted by atomic mass is 9.94. The average molecular weight is 410 g/mol. The van der Waals surface area contributed by atoms with E-state index < -0.39 is 21.7 Å². The molecule has 1 amide bonds. The zero-order valence-corrected chi connectivity index (χ0v) is 15.4. The molecule has 24 heavy (non-hydrogen) atoms. The third-order valence-electron chi connectivity index (χ3n) is 4.08. The van der Waals surface area contributed by atoms with Crippen LogP contribution in [-0.2, 0) is 20.3 Å². The molecule has 2 aromatic carbocycles. The van der Waals surface area contributed by atoms with Crippen LogP contribution >= 0.6 is 15.9 Å². The second kappa shape index (κ2) is 6.22. The van der Waals surface area contributed by atoms with Gasteiger partial charge in [0.05, 0.1) is 4.90 Å². The maximum absolute atomic E-state index is 13.1. The van der Waals surface area contributed by atoms with Gasteiger partial charge in [-0.1, -0.05) is 64.0 Å². The first kappa shape index (κ1) is 17.0. The quantitative estimate of drug-likeness (QED) is 0.725. The number of rotatable bonds is 4. The second-order valence-corrected chi connectivity index (χ2v) is 8.02. The van der Waals surface area contributed by atoms with Gasteiger partial charge in [0.25, 0.3) is 10.0 Å². The molecule has 5 nitrogen and oxygen atoms in total. The molecule has 1 aliphatic heterocycles. The number of hydrogen-bond donors (Lipinski definition) is 0. The number of hydrogen-bond acceptors (Lipinski definition) is 4. The predicted molar refractivity (Wildman–Crippen MR) is 93.5 cm³/mol. The van der Waals surface area contributed by atoms with E-state index in [0.29, 0.717) is 5.56 Å². The van der Waals surface area contributed by atoms with Crippen molar-refractivity contribution in [2.24, 2.45) is 0 Å². The smallest absolute Gasteiger partial charge is 0.424 e. The first-order chi connectivity index (χ1) is 11.4. The summed E-state index contributed by atoms with van der Waals surface area (Å²) in [5.74, 6) is 0. The molecule has 0 unspecified atom stereocenters. The number of ether oxygens (including phenoxy) is 1. The number of amides is 1. The van der Waals surface area contributed by atoms with Gasteiger partial charge in [-0.05, 0) is 24.6 Å². The Hall–Kier alpha value is -1.86. The molecule has 1 fully saturated rings.